The van der Waals surface area contributed by atoms with Crippen molar-refractivity contribution in [1.29, 1.82) is 0 Å². The number of aromatic amines is 1. The summed E-state index contributed by atoms with van der Waals surface area (Å²) in [5, 5.41) is 9.38. The van der Waals surface area contributed by atoms with Crippen LogP contribution in [-0.4, -0.2) is 27.1 Å². The average Bonchev–Trinajstić information content (AvgIpc) is 2.63. The van der Waals surface area contributed by atoms with Crippen LogP contribution in [0.5, 0.6) is 0 Å². The van der Waals surface area contributed by atoms with Crippen molar-refractivity contribution >= 4 is 34.4 Å². The molecule has 3 rings (SSSR count). The fourth-order valence-electron chi connectivity index (χ4n) is 2.77. The number of hydrogen-bond donors (Lipinski definition) is 2. The molecule has 0 bridgehead atoms. The summed E-state index contributed by atoms with van der Waals surface area (Å²) < 4.78 is 27.9. The Kier molecular flexibility index (Phi) is 5.41. The van der Waals surface area contributed by atoms with Crippen LogP contribution in [0.3, 0.4) is 0 Å². The predicted octanol–water partition coefficient (Wildman–Crippen LogP) is 3.47. The van der Waals surface area contributed by atoms with Crippen LogP contribution in [0.25, 0.3) is 10.9 Å². The number of amides is 1. The van der Waals surface area contributed by atoms with Gasteiger partial charge in [-0.15, -0.1) is 0 Å². The van der Waals surface area contributed by atoms with Crippen LogP contribution in [-0.2, 0) is 17.8 Å². The lowest BCUT2D eigenvalue weighted by Gasteiger charge is -2.14. The molecule has 3 aromatic rings. The summed E-state index contributed by atoms with van der Waals surface area (Å²) in [6.07, 6.45) is -0.468. The summed E-state index contributed by atoms with van der Waals surface area (Å²) in [7, 11) is 0. The molecule has 0 saturated carbocycles. The Morgan fingerprint density at radius 2 is 1.86 bits per heavy atom. The highest BCUT2D eigenvalue weighted by molar-refractivity contribution is 6.31. The molecule has 28 heavy (non-hydrogen) atoms. The largest absolute Gasteiger partial charge is 0.477 e. The molecule has 2 aromatic carbocycles. The zero-order valence-corrected chi connectivity index (χ0v) is 15.0. The third-order valence-electron chi connectivity index (χ3n) is 4.11. The number of H-pyrrole nitrogens is 1. The van der Waals surface area contributed by atoms with E-state index in [4.69, 9.17) is 16.7 Å². The summed E-state index contributed by atoms with van der Waals surface area (Å²) in [5.41, 5.74) is -0.961. The van der Waals surface area contributed by atoms with Gasteiger partial charge in [-0.05, 0) is 29.8 Å². The number of aromatic nitrogens is 1. The van der Waals surface area contributed by atoms with Crippen LogP contribution >= 0.6 is 11.6 Å². The minimum absolute atomic E-state index is 0.00816. The second kappa shape index (κ2) is 7.77. The van der Waals surface area contributed by atoms with Crippen LogP contribution in [0, 0.1) is 5.82 Å². The van der Waals surface area contributed by atoms with Gasteiger partial charge in [0.05, 0.1) is 18.5 Å². The molecule has 0 aliphatic carbocycles. The van der Waals surface area contributed by atoms with Crippen LogP contribution in [0.4, 0.5) is 8.87 Å². The normalized spacial score (nSPS) is 10.8. The molecular formula is C19H13ClF2N2O4. The van der Waals surface area contributed by atoms with Crippen LogP contribution in [0.2, 0.25) is 5.02 Å². The number of nitrogens with one attached hydrogen (secondary N) is 1. The molecular weight excluding hydrogens is 394 g/mol. The number of carboxylic acid groups (broad SMARTS) is 1. The number of carbonyl (C=O) groups is 2. The summed E-state index contributed by atoms with van der Waals surface area (Å²) >= 11 is 6.00. The summed E-state index contributed by atoms with van der Waals surface area (Å²) in [6, 6.07) is 9.39. The minimum Gasteiger partial charge on any atom is -0.477 e. The zero-order chi connectivity index (χ0) is 20.4. The molecule has 0 aliphatic rings. The first-order valence-electron chi connectivity index (χ1n) is 8.04. The highest BCUT2D eigenvalue weighted by atomic mass is 35.5. The number of fused-ring (bicyclic) bond motifs is 1. The predicted molar refractivity (Wildman–Crippen MR) is 98.3 cm³/mol. The number of nitrogens with zero attached hydrogens (tertiary/aromatic N) is 1. The monoisotopic (exact) mass is 406 g/mol. The molecule has 0 unspecified atom stereocenters. The van der Waals surface area contributed by atoms with Crippen molar-refractivity contribution in [3.8, 4) is 0 Å². The van der Waals surface area contributed by atoms with Gasteiger partial charge in [0.2, 0.25) is 0 Å². The molecule has 0 spiro atoms. The van der Waals surface area contributed by atoms with Gasteiger partial charge in [0.1, 0.15) is 11.4 Å². The molecule has 6 nitrogen and oxygen atoms in total. The first kappa shape index (κ1) is 19.5. The maximum atomic E-state index is 14.2. The average molecular weight is 407 g/mol. The molecule has 0 fully saturated rings. The van der Waals surface area contributed by atoms with Crippen molar-refractivity contribution in [3.63, 3.8) is 0 Å². The van der Waals surface area contributed by atoms with Gasteiger partial charge in [0.25, 0.3) is 11.5 Å². The molecule has 2 N–H and O–H groups in total. The number of benzene rings is 2. The van der Waals surface area contributed by atoms with E-state index in [1.165, 1.54) is 30.3 Å². The molecule has 0 aliphatic heterocycles. The Morgan fingerprint density at radius 3 is 2.54 bits per heavy atom. The van der Waals surface area contributed by atoms with Gasteiger partial charge >= 0.3 is 5.97 Å². The van der Waals surface area contributed by atoms with E-state index in [1.54, 1.807) is 0 Å². The molecule has 1 aromatic heterocycles. The van der Waals surface area contributed by atoms with Crippen molar-refractivity contribution in [2.24, 2.45) is 0 Å². The second-order valence-corrected chi connectivity index (χ2v) is 6.47. The van der Waals surface area contributed by atoms with Crippen LogP contribution in [0.1, 0.15) is 21.5 Å². The van der Waals surface area contributed by atoms with E-state index in [-0.39, 0.29) is 32.2 Å². The SMILES string of the molecule is O=C(O)c1cc2cc(Cl)cc(CC(=O)N(F)Cc3ccccc3F)c2[nH]c1=O. The van der Waals surface area contributed by atoms with E-state index in [0.717, 1.165) is 12.1 Å². The van der Waals surface area contributed by atoms with Crippen molar-refractivity contribution in [2.45, 2.75) is 13.0 Å². The minimum atomic E-state index is -1.42. The maximum Gasteiger partial charge on any atom is 0.341 e. The Labute approximate surface area is 161 Å². The topological polar surface area (TPSA) is 90.5 Å². The van der Waals surface area contributed by atoms with Gasteiger partial charge < -0.3 is 10.1 Å². The van der Waals surface area contributed by atoms with Gasteiger partial charge in [-0.2, -0.15) is 5.12 Å². The summed E-state index contributed by atoms with van der Waals surface area (Å²) in [5.74, 6) is -3.03. The lowest BCUT2D eigenvalue weighted by molar-refractivity contribution is -0.147. The standard InChI is InChI=1S/C19H13ClF2N2O4/c20-13-5-11-7-14(19(27)28)18(26)23-17(11)12(6-13)8-16(25)24(22)9-10-3-1-2-4-15(10)21/h1-7H,8-9H2,(H,23,26)(H,27,28). The Bertz CT molecular complexity index is 1150. The van der Waals surface area contributed by atoms with Gasteiger partial charge in [-0.1, -0.05) is 34.3 Å². The maximum absolute atomic E-state index is 14.2. The van der Waals surface area contributed by atoms with E-state index in [1.807, 2.05) is 0 Å². The molecule has 1 heterocycles. The third kappa shape index (κ3) is 4.01. The van der Waals surface area contributed by atoms with Crippen molar-refractivity contribution in [1.82, 2.24) is 10.1 Å². The second-order valence-electron chi connectivity index (χ2n) is 6.03. The highest BCUT2D eigenvalue weighted by Gasteiger charge is 2.19. The number of aromatic carboxylic acids is 1. The van der Waals surface area contributed by atoms with Gasteiger partial charge in [-0.3, -0.25) is 9.59 Å². The van der Waals surface area contributed by atoms with Gasteiger partial charge in [0.15, 0.2) is 0 Å². The third-order valence-corrected chi connectivity index (χ3v) is 4.33. The summed E-state index contributed by atoms with van der Waals surface area (Å²) in [4.78, 5) is 37.7. The van der Waals surface area contributed by atoms with Crippen molar-refractivity contribution in [2.75, 3.05) is 0 Å². The van der Waals surface area contributed by atoms with E-state index >= 15 is 0 Å². The molecule has 144 valence electrons. The number of carbonyl (C=O) groups excluding carboxylic acids is 1. The Balaban J connectivity index is 1.92. The number of pyridine rings is 1. The van der Waals surface area contributed by atoms with Crippen molar-refractivity contribution < 1.29 is 23.6 Å². The molecule has 9 heteroatoms. The van der Waals surface area contributed by atoms with Crippen LogP contribution < -0.4 is 5.56 Å². The number of hydrogen-bond acceptors (Lipinski definition) is 3. The summed E-state index contributed by atoms with van der Waals surface area (Å²) in [6.45, 7) is -0.580. The molecule has 0 saturated heterocycles. The lowest BCUT2D eigenvalue weighted by atomic mass is 10.0. The van der Waals surface area contributed by atoms with E-state index < -0.39 is 41.8 Å². The highest BCUT2D eigenvalue weighted by Crippen LogP contribution is 2.24. The first-order valence-corrected chi connectivity index (χ1v) is 8.42. The fraction of sp³-hybridized carbons (Fsp3) is 0.105. The molecule has 1 amide bonds. The number of carboxylic acids is 1. The zero-order valence-electron chi connectivity index (χ0n) is 14.2. The van der Waals surface area contributed by atoms with E-state index in [9.17, 15) is 23.3 Å². The molecule has 0 atom stereocenters. The Hall–Kier alpha value is -3.26. The van der Waals surface area contributed by atoms with Gasteiger partial charge in [0, 0.05) is 16.0 Å². The smallest absolute Gasteiger partial charge is 0.341 e. The van der Waals surface area contributed by atoms with Crippen LogP contribution in [0.15, 0.2) is 47.3 Å². The quantitative estimate of drug-likeness (QED) is 0.635. The number of halogens is 3. The number of rotatable bonds is 5. The lowest BCUT2D eigenvalue weighted by Crippen LogP contribution is -2.25. The molecule has 0 radical (unpaired) electrons. The van der Waals surface area contributed by atoms with E-state index in [2.05, 4.69) is 4.98 Å². The first-order chi connectivity index (χ1) is 13.3. The van der Waals surface area contributed by atoms with E-state index in [0.29, 0.717) is 0 Å². The van der Waals surface area contributed by atoms with Crippen molar-refractivity contribution in [3.05, 3.63) is 80.3 Å². The van der Waals surface area contributed by atoms with Gasteiger partial charge in [-0.25, -0.2) is 9.18 Å². The Morgan fingerprint density at radius 1 is 1.14 bits per heavy atom. The fourth-order valence-corrected chi connectivity index (χ4v) is 3.02.